The number of hydrogen-bond acceptors (Lipinski definition) is 2. The number of aryl methyl sites for hydroxylation is 1. The summed E-state index contributed by atoms with van der Waals surface area (Å²) in [7, 11) is 1.69. The Morgan fingerprint density at radius 3 is 2.77 bits per heavy atom. The van der Waals surface area contributed by atoms with E-state index in [4.69, 9.17) is 10.00 Å². The van der Waals surface area contributed by atoms with Crippen molar-refractivity contribution in [2.75, 3.05) is 7.11 Å². The maximum Gasteiger partial charge on any atom is 0.101 e. The molecule has 3 nitrogen and oxygen atoms in total. The van der Waals surface area contributed by atoms with Crippen LogP contribution in [-0.2, 0) is 11.3 Å². The number of rotatable bonds is 3. The van der Waals surface area contributed by atoms with Crippen LogP contribution >= 0.6 is 0 Å². The van der Waals surface area contributed by atoms with Crippen molar-refractivity contribution in [3.63, 3.8) is 0 Å². The van der Waals surface area contributed by atoms with E-state index < -0.39 is 0 Å². The van der Waals surface area contributed by atoms with E-state index in [0.717, 1.165) is 17.7 Å². The highest BCUT2D eigenvalue weighted by molar-refractivity contribution is 5.34. The highest BCUT2D eigenvalue weighted by Gasteiger charge is 2.04. The lowest BCUT2D eigenvalue weighted by molar-refractivity contribution is 0.103. The molecule has 1 rings (SSSR count). The fourth-order valence-electron chi connectivity index (χ4n) is 1.22. The Labute approximate surface area is 78.5 Å². The van der Waals surface area contributed by atoms with Crippen LogP contribution in [0.4, 0.5) is 0 Å². The van der Waals surface area contributed by atoms with Gasteiger partial charge >= 0.3 is 0 Å². The van der Waals surface area contributed by atoms with Crippen molar-refractivity contribution in [3.8, 4) is 6.07 Å². The minimum atomic E-state index is 0.179. The number of hydrogen-bond donors (Lipinski definition) is 0. The number of aromatic nitrogens is 1. The van der Waals surface area contributed by atoms with Crippen molar-refractivity contribution in [2.45, 2.75) is 26.5 Å². The molecule has 1 unspecified atom stereocenters. The van der Waals surface area contributed by atoms with Crippen LogP contribution in [0, 0.1) is 18.3 Å². The summed E-state index contributed by atoms with van der Waals surface area (Å²) in [6, 6.07) is 2.15. The van der Waals surface area contributed by atoms with Gasteiger partial charge in [-0.15, -0.1) is 0 Å². The van der Waals surface area contributed by atoms with Crippen LogP contribution in [-0.4, -0.2) is 17.8 Å². The third-order valence-corrected chi connectivity index (χ3v) is 2.07. The predicted molar refractivity (Wildman–Crippen MR) is 50.4 cm³/mol. The first kappa shape index (κ1) is 9.82. The number of methoxy groups -OCH3 is 1. The summed E-state index contributed by atoms with van der Waals surface area (Å²) in [6.45, 7) is 4.73. The van der Waals surface area contributed by atoms with Gasteiger partial charge in [-0.05, 0) is 19.4 Å². The highest BCUT2D eigenvalue weighted by Crippen LogP contribution is 2.08. The van der Waals surface area contributed by atoms with Gasteiger partial charge in [0, 0.05) is 26.0 Å². The minimum absolute atomic E-state index is 0.179. The minimum Gasteiger partial charge on any atom is -0.380 e. The molecule has 0 N–H and O–H groups in total. The third-order valence-electron chi connectivity index (χ3n) is 2.07. The molecule has 0 spiro atoms. The van der Waals surface area contributed by atoms with Crippen LogP contribution in [0.15, 0.2) is 12.4 Å². The molecule has 3 heteroatoms. The molecule has 1 heterocycles. The Bertz CT molecular complexity index is 322. The summed E-state index contributed by atoms with van der Waals surface area (Å²) in [6.07, 6.45) is 4.00. The van der Waals surface area contributed by atoms with Gasteiger partial charge in [0.1, 0.15) is 6.07 Å². The van der Waals surface area contributed by atoms with E-state index in [1.807, 2.05) is 30.8 Å². The summed E-state index contributed by atoms with van der Waals surface area (Å²) >= 11 is 0. The van der Waals surface area contributed by atoms with Crippen LogP contribution in [0.5, 0.6) is 0 Å². The van der Waals surface area contributed by atoms with E-state index in [0.29, 0.717) is 0 Å². The molecule has 1 atom stereocenters. The lowest BCUT2D eigenvalue weighted by Crippen LogP contribution is -2.13. The zero-order valence-corrected chi connectivity index (χ0v) is 8.24. The smallest absolute Gasteiger partial charge is 0.101 e. The number of ether oxygens (including phenoxy) is 1. The second kappa shape index (κ2) is 4.11. The molecule has 1 aromatic rings. The SMILES string of the molecule is COC(C)Cn1cc(C)c(C#N)c1. The molecule has 0 aromatic carbocycles. The molecule has 0 aliphatic rings. The topological polar surface area (TPSA) is 38.0 Å². The molecule has 70 valence electrons. The van der Waals surface area contributed by atoms with E-state index in [2.05, 4.69) is 6.07 Å². The Morgan fingerprint density at radius 2 is 2.31 bits per heavy atom. The first-order valence-corrected chi connectivity index (χ1v) is 4.26. The van der Waals surface area contributed by atoms with Crippen molar-refractivity contribution in [1.29, 1.82) is 5.26 Å². The van der Waals surface area contributed by atoms with Gasteiger partial charge in [0.15, 0.2) is 0 Å². The van der Waals surface area contributed by atoms with Crippen molar-refractivity contribution >= 4 is 0 Å². The van der Waals surface area contributed by atoms with Gasteiger partial charge in [-0.1, -0.05) is 0 Å². The summed E-state index contributed by atoms with van der Waals surface area (Å²) in [4.78, 5) is 0. The third kappa shape index (κ3) is 2.33. The van der Waals surface area contributed by atoms with Crippen molar-refractivity contribution in [2.24, 2.45) is 0 Å². The Hall–Kier alpha value is -1.27. The monoisotopic (exact) mass is 178 g/mol. The lowest BCUT2D eigenvalue weighted by atomic mass is 10.2. The van der Waals surface area contributed by atoms with Crippen molar-refractivity contribution in [3.05, 3.63) is 23.5 Å². The van der Waals surface area contributed by atoms with E-state index in [1.165, 1.54) is 0 Å². The van der Waals surface area contributed by atoms with Gasteiger partial charge < -0.3 is 9.30 Å². The zero-order valence-electron chi connectivity index (χ0n) is 8.24. The normalized spacial score (nSPS) is 12.5. The first-order valence-electron chi connectivity index (χ1n) is 4.26. The molecular formula is C10H14N2O. The summed E-state index contributed by atoms with van der Waals surface area (Å²) in [5, 5.41) is 8.73. The highest BCUT2D eigenvalue weighted by atomic mass is 16.5. The molecule has 0 aliphatic carbocycles. The van der Waals surface area contributed by atoms with E-state index in [9.17, 15) is 0 Å². The molecule has 0 bridgehead atoms. The van der Waals surface area contributed by atoms with Crippen LogP contribution in [0.3, 0.4) is 0 Å². The van der Waals surface area contributed by atoms with Gasteiger partial charge in [-0.2, -0.15) is 5.26 Å². The Morgan fingerprint density at radius 1 is 1.62 bits per heavy atom. The molecular weight excluding hydrogens is 164 g/mol. The number of nitriles is 1. The fraction of sp³-hybridized carbons (Fsp3) is 0.500. The first-order chi connectivity index (χ1) is 6.17. The molecule has 0 fully saturated rings. The van der Waals surface area contributed by atoms with Crippen molar-refractivity contribution < 1.29 is 4.74 Å². The maximum absolute atomic E-state index is 8.73. The van der Waals surface area contributed by atoms with Crippen LogP contribution in [0.2, 0.25) is 0 Å². The fourth-order valence-corrected chi connectivity index (χ4v) is 1.22. The van der Waals surface area contributed by atoms with Crippen molar-refractivity contribution in [1.82, 2.24) is 4.57 Å². The van der Waals surface area contributed by atoms with Gasteiger partial charge in [0.2, 0.25) is 0 Å². The summed E-state index contributed by atoms with van der Waals surface area (Å²) in [5.74, 6) is 0. The molecule has 1 aromatic heterocycles. The van der Waals surface area contributed by atoms with E-state index >= 15 is 0 Å². The Kier molecular flexibility index (Phi) is 3.10. The zero-order chi connectivity index (χ0) is 9.84. The maximum atomic E-state index is 8.73. The van der Waals surface area contributed by atoms with Crippen LogP contribution < -0.4 is 0 Å². The predicted octanol–water partition coefficient (Wildman–Crippen LogP) is 1.70. The standard InChI is InChI=1S/C10H14N2O/c1-8-5-12(6-9(2)13-3)7-10(8)4-11/h5,7,9H,6H2,1-3H3. The number of nitrogens with zero attached hydrogens (tertiary/aromatic N) is 2. The summed E-state index contributed by atoms with van der Waals surface area (Å²) in [5.41, 5.74) is 1.76. The average molecular weight is 178 g/mol. The van der Waals surface area contributed by atoms with Gasteiger partial charge in [-0.25, -0.2) is 0 Å². The summed E-state index contributed by atoms with van der Waals surface area (Å²) < 4.78 is 7.12. The van der Waals surface area contributed by atoms with Crippen LogP contribution in [0.25, 0.3) is 0 Å². The van der Waals surface area contributed by atoms with Gasteiger partial charge in [0.05, 0.1) is 11.7 Å². The molecule has 0 saturated carbocycles. The second-order valence-electron chi connectivity index (χ2n) is 3.21. The molecule has 0 aliphatic heterocycles. The van der Waals surface area contributed by atoms with Crippen LogP contribution in [0.1, 0.15) is 18.1 Å². The lowest BCUT2D eigenvalue weighted by Gasteiger charge is -2.09. The largest absolute Gasteiger partial charge is 0.380 e. The molecule has 0 amide bonds. The van der Waals surface area contributed by atoms with E-state index in [1.54, 1.807) is 7.11 Å². The van der Waals surface area contributed by atoms with Gasteiger partial charge in [0.25, 0.3) is 0 Å². The molecule has 0 radical (unpaired) electrons. The Balaban J connectivity index is 2.75. The molecule has 13 heavy (non-hydrogen) atoms. The molecule has 0 saturated heterocycles. The second-order valence-corrected chi connectivity index (χ2v) is 3.21. The van der Waals surface area contributed by atoms with Gasteiger partial charge in [-0.3, -0.25) is 0 Å². The quantitative estimate of drug-likeness (QED) is 0.706. The average Bonchev–Trinajstić information content (AvgIpc) is 2.46. The van der Waals surface area contributed by atoms with E-state index in [-0.39, 0.29) is 6.10 Å².